The summed E-state index contributed by atoms with van der Waals surface area (Å²) in [5, 5.41) is 4.20. The van der Waals surface area contributed by atoms with Gasteiger partial charge in [0.15, 0.2) is 5.78 Å². The molecule has 3 heterocycles. The normalized spacial score (nSPS) is 14.4. The third-order valence-corrected chi connectivity index (χ3v) is 6.14. The van der Waals surface area contributed by atoms with Gasteiger partial charge in [0.1, 0.15) is 0 Å². The molecule has 18 heavy (non-hydrogen) atoms. The van der Waals surface area contributed by atoms with Crippen LogP contribution in [0.4, 0.5) is 0 Å². The van der Waals surface area contributed by atoms with Gasteiger partial charge in [0, 0.05) is 17.1 Å². The average Bonchev–Trinajstić information content (AvgIpc) is 3.04. The van der Waals surface area contributed by atoms with Gasteiger partial charge in [0.25, 0.3) is 0 Å². The Morgan fingerprint density at radius 2 is 2.33 bits per heavy atom. The van der Waals surface area contributed by atoms with E-state index in [1.807, 2.05) is 11.8 Å². The second kappa shape index (κ2) is 5.59. The molecule has 0 aliphatic carbocycles. The van der Waals surface area contributed by atoms with Gasteiger partial charge in [-0.15, -0.1) is 11.3 Å². The molecule has 0 saturated carbocycles. The van der Waals surface area contributed by atoms with E-state index in [0.29, 0.717) is 12.2 Å². The monoisotopic (exact) mass is 294 g/mol. The zero-order chi connectivity index (χ0) is 12.4. The van der Waals surface area contributed by atoms with Crippen molar-refractivity contribution in [2.75, 3.05) is 5.75 Å². The lowest BCUT2D eigenvalue weighted by atomic mass is 10.1. The molecule has 0 unspecified atom stereocenters. The molecule has 1 nitrogen and oxygen atoms in total. The molecule has 0 aromatic carbocycles. The van der Waals surface area contributed by atoms with Gasteiger partial charge in [-0.3, -0.25) is 4.79 Å². The van der Waals surface area contributed by atoms with E-state index in [0.717, 1.165) is 23.5 Å². The van der Waals surface area contributed by atoms with E-state index >= 15 is 0 Å². The SMILES string of the molecule is O=C(CCc1ccsc1)c1cc2c(s1)CCSC2. The highest BCUT2D eigenvalue weighted by Gasteiger charge is 2.17. The van der Waals surface area contributed by atoms with Crippen LogP contribution in [0.15, 0.2) is 22.9 Å². The van der Waals surface area contributed by atoms with Gasteiger partial charge in [-0.2, -0.15) is 23.1 Å². The van der Waals surface area contributed by atoms with Crippen LogP contribution in [0.2, 0.25) is 0 Å². The minimum absolute atomic E-state index is 0.311. The summed E-state index contributed by atoms with van der Waals surface area (Å²) in [5.41, 5.74) is 2.68. The summed E-state index contributed by atoms with van der Waals surface area (Å²) >= 11 is 5.39. The summed E-state index contributed by atoms with van der Waals surface area (Å²) in [6.07, 6.45) is 2.66. The minimum Gasteiger partial charge on any atom is -0.293 e. The van der Waals surface area contributed by atoms with Crippen LogP contribution in [-0.2, 0) is 18.6 Å². The minimum atomic E-state index is 0.311. The predicted octanol–water partition coefficient (Wildman–Crippen LogP) is 4.41. The highest BCUT2D eigenvalue weighted by atomic mass is 32.2. The van der Waals surface area contributed by atoms with Crippen LogP contribution < -0.4 is 0 Å². The summed E-state index contributed by atoms with van der Waals surface area (Å²) in [7, 11) is 0. The number of hydrogen-bond acceptors (Lipinski definition) is 4. The second-order valence-corrected chi connectivity index (χ2v) is 7.44. The number of hydrogen-bond donors (Lipinski definition) is 0. The molecule has 0 N–H and O–H groups in total. The van der Waals surface area contributed by atoms with Crippen LogP contribution in [0, 0.1) is 0 Å². The Labute approximate surface area is 119 Å². The van der Waals surface area contributed by atoms with E-state index in [1.54, 1.807) is 22.7 Å². The quantitative estimate of drug-likeness (QED) is 0.777. The smallest absolute Gasteiger partial charge is 0.173 e. The summed E-state index contributed by atoms with van der Waals surface area (Å²) < 4.78 is 0. The van der Waals surface area contributed by atoms with Gasteiger partial charge < -0.3 is 0 Å². The lowest BCUT2D eigenvalue weighted by molar-refractivity contribution is 0.0986. The highest BCUT2D eigenvalue weighted by molar-refractivity contribution is 7.98. The molecular weight excluding hydrogens is 280 g/mol. The van der Waals surface area contributed by atoms with Crippen molar-refractivity contribution >= 4 is 40.2 Å². The largest absolute Gasteiger partial charge is 0.293 e. The molecule has 0 spiro atoms. The first-order valence-corrected chi connectivity index (χ1v) is 8.98. The third kappa shape index (κ3) is 2.71. The molecule has 2 aromatic heterocycles. The highest BCUT2D eigenvalue weighted by Crippen LogP contribution is 2.32. The number of carbonyl (C=O) groups is 1. The lowest BCUT2D eigenvalue weighted by Gasteiger charge is -2.08. The molecule has 0 saturated heterocycles. The number of ketones is 1. The molecule has 1 aliphatic heterocycles. The van der Waals surface area contributed by atoms with Gasteiger partial charge >= 0.3 is 0 Å². The van der Waals surface area contributed by atoms with Crippen LogP contribution >= 0.6 is 34.4 Å². The predicted molar refractivity (Wildman–Crippen MR) is 81.2 cm³/mol. The van der Waals surface area contributed by atoms with Gasteiger partial charge in [-0.25, -0.2) is 0 Å². The Morgan fingerprint density at radius 1 is 1.39 bits per heavy atom. The molecule has 2 aromatic rings. The molecule has 94 valence electrons. The molecule has 0 bridgehead atoms. The van der Waals surface area contributed by atoms with Crippen molar-refractivity contribution in [3.63, 3.8) is 0 Å². The Kier molecular flexibility index (Phi) is 3.87. The zero-order valence-corrected chi connectivity index (χ0v) is 12.4. The lowest BCUT2D eigenvalue weighted by Crippen LogP contribution is -1.98. The topological polar surface area (TPSA) is 17.1 Å². The number of thioether (sulfide) groups is 1. The fourth-order valence-electron chi connectivity index (χ4n) is 2.10. The number of fused-ring (bicyclic) bond motifs is 1. The van der Waals surface area contributed by atoms with E-state index in [4.69, 9.17) is 0 Å². The van der Waals surface area contributed by atoms with Crippen molar-refractivity contribution in [1.29, 1.82) is 0 Å². The summed E-state index contributed by atoms with van der Waals surface area (Å²) in [6.45, 7) is 0. The van der Waals surface area contributed by atoms with Crippen LogP contribution in [-0.4, -0.2) is 11.5 Å². The molecular formula is C14H14OS3. The average molecular weight is 294 g/mol. The van der Waals surface area contributed by atoms with Crippen LogP contribution in [0.25, 0.3) is 0 Å². The van der Waals surface area contributed by atoms with Gasteiger partial charge in [-0.1, -0.05) is 0 Å². The first kappa shape index (κ1) is 12.5. The van der Waals surface area contributed by atoms with Crippen molar-refractivity contribution in [1.82, 2.24) is 0 Å². The van der Waals surface area contributed by atoms with E-state index < -0.39 is 0 Å². The van der Waals surface area contributed by atoms with Crippen molar-refractivity contribution in [2.45, 2.75) is 25.0 Å². The molecule has 0 fully saturated rings. The van der Waals surface area contributed by atoms with Crippen molar-refractivity contribution in [3.05, 3.63) is 43.8 Å². The van der Waals surface area contributed by atoms with Gasteiger partial charge in [0.05, 0.1) is 4.88 Å². The van der Waals surface area contributed by atoms with Crippen molar-refractivity contribution < 1.29 is 4.79 Å². The standard InChI is InChI=1S/C14H14OS3/c15-12(2-1-10-3-5-16-8-10)14-7-11-9-17-6-4-13(11)18-14/h3,5,7-8H,1-2,4,6,9H2. The molecule has 1 aliphatic rings. The fraction of sp³-hybridized carbons (Fsp3) is 0.357. The van der Waals surface area contributed by atoms with Gasteiger partial charge in [-0.05, 0) is 52.6 Å². The third-order valence-electron chi connectivity index (χ3n) is 3.12. The van der Waals surface area contributed by atoms with Crippen molar-refractivity contribution in [2.24, 2.45) is 0 Å². The molecule has 4 heteroatoms. The Hall–Kier alpha value is -0.580. The number of thiophene rings is 2. The van der Waals surface area contributed by atoms with E-state index in [9.17, 15) is 4.79 Å². The van der Waals surface area contributed by atoms with E-state index in [2.05, 4.69) is 22.9 Å². The summed E-state index contributed by atoms with van der Waals surface area (Å²) in [6, 6.07) is 4.23. The Bertz CT molecular complexity index is 516. The molecule has 0 atom stereocenters. The zero-order valence-electron chi connectivity index (χ0n) is 9.98. The number of carbonyl (C=O) groups excluding carboxylic acids is 1. The second-order valence-electron chi connectivity index (χ2n) is 4.42. The first-order valence-electron chi connectivity index (χ1n) is 6.06. The first-order chi connectivity index (χ1) is 8.83. The summed E-state index contributed by atoms with van der Waals surface area (Å²) in [5.74, 6) is 2.60. The maximum Gasteiger partial charge on any atom is 0.173 e. The van der Waals surface area contributed by atoms with Crippen LogP contribution in [0.1, 0.15) is 32.1 Å². The molecule has 0 amide bonds. The maximum absolute atomic E-state index is 12.2. The Balaban J connectivity index is 1.67. The Morgan fingerprint density at radius 3 is 3.11 bits per heavy atom. The molecule has 0 radical (unpaired) electrons. The van der Waals surface area contributed by atoms with Crippen LogP contribution in [0.5, 0.6) is 0 Å². The number of aryl methyl sites for hydroxylation is 2. The fourth-order valence-corrected chi connectivity index (χ4v) is 5.14. The number of rotatable bonds is 4. The van der Waals surface area contributed by atoms with E-state index in [-0.39, 0.29) is 0 Å². The van der Waals surface area contributed by atoms with Crippen molar-refractivity contribution in [3.8, 4) is 0 Å². The van der Waals surface area contributed by atoms with Crippen LogP contribution in [0.3, 0.4) is 0 Å². The summed E-state index contributed by atoms with van der Waals surface area (Å²) in [4.78, 5) is 14.6. The maximum atomic E-state index is 12.2. The molecule has 3 rings (SSSR count). The van der Waals surface area contributed by atoms with Gasteiger partial charge in [0.2, 0.25) is 0 Å². The van der Waals surface area contributed by atoms with E-state index in [1.165, 1.54) is 21.8 Å². The number of Topliss-reactive ketones (excluding diaryl/α,β-unsaturated/α-hetero) is 1.